The zero-order valence-electron chi connectivity index (χ0n) is 17.6. The van der Waals surface area contributed by atoms with E-state index in [1.54, 1.807) is 32.2 Å². The van der Waals surface area contributed by atoms with Gasteiger partial charge in [-0.3, -0.25) is 4.99 Å². The van der Waals surface area contributed by atoms with Crippen molar-refractivity contribution in [1.82, 2.24) is 10.6 Å². The lowest BCUT2D eigenvalue weighted by molar-refractivity contribution is -0.0520. The van der Waals surface area contributed by atoms with Crippen molar-refractivity contribution in [2.24, 2.45) is 4.99 Å². The van der Waals surface area contributed by atoms with Gasteiger partial charge in [-0.05, 0) is 31.0 Å². The average molecular weight is 421 g/mol. The fourth-order valence-corrected chi connectivity index (χ4v) is 2.75. The number of nitrogens with one attached hydrogen (secondary N) is 2. The third kappa shape index (κ3) is 7.51. The van der Waals surface area contributed by atoms with E-state index in [0.717, 1.165) is 11.1 Å². The Labute approximate surface area is 176 Å². The summed E-state index contributed by atoms with van der Waals surface area (Å²) in [5.41, 5.74) is 2.74. The van der Waals surface area contributed by atoms with Crippen molar-refractivity contribution < 1.29 is 23.0 Å². The number of benzene rings is 2. The summed E-state index contributed by atoms with van der Waals surface area (Å²) in [4.78, 5) is 4.18. The zero-order valence-corrected chi connectivity index (χ0v) is 17.6. The van der Waals surface area contributed by atoms with Crippen LogP contribution in [0.15, 0.2) is 47.5 Å². The van der Waals surface area contributed by atoms with Crippen LogP contribution in [0.25, 0.3) is 0 Å². The van der Waals surface area contributed by atoms with Crippen molar-refractivity contribution in [1.29, 1.82) is 0 Å². The molecule has 0 fully saturated rings. The number of rotatable bonds is 11. The van der Waals surface area contributed by atoms with Gasteiger partial charge in [0.05, 0.1) is 13.2 Å². The molecule has 8 heteroatoms. The van der Waals surface area contributed by atoms with E-state index in [1.807, 2.05) is 31.2 Å². The van der Waals surface area contributed by atoms with E-state index < -0.39 is 6.61 Å². The molecule has 2 rings (SSSR count). The second kappa shape index (κ2) is 12.6. The summed E-state index contributed by atoms with van der Waals surface area (Å²) >= 11 is 0. The minimum Gasteiger partial charge on any atom is -0.490 e. The predicted octanol–water partition coefficient (Wildman–Crippen LogP) is 4.09. The van der Waals surface area contributed by atoms with Gasteiger partial charge < -0.3 is 24.8 Å². The maximum absolute atomic E-state index is 12.8. The number of nitrogens with zero attached hydrogens (tertiary/aromatic N) is 1. The molecule has 30 heavy (non-hydrogen) atoms. The number of para-hydroxylation sites is 1. The first-order chi connectivity index (χ1) is 14.6. The van der Waals surface area contributed by atoms with Gasteiger partial charge in [0, 0.05) is 32.3 Å². The quantitative estimate of drug-likeness (QED) is 0.423. The highest BCUT2D eigenvalue weighted by molar-refractivity contribution is 5.79. The van der Waals surface area contributed by atoms with Crippen LogP contribution in [0.2, 0.25) is 0 Å². The number of aliphatic imine (C=N–C) groups is 1. The minimum absolute atomic E-state index is 0.0298. The summed E-state index contributed by atoms with van der Waals surface area (Å²) in [7, 11) is 1.65. The maximum Gasteiger partial charge on any atom is 0.387 e. The van der Waals surface area contributed by atoms with Gasteiger partial charge in [0.15, 0.2) is 17.5 Å². The SMILES string of the molecule is CCOCc1ccc(CNC(=NC)NCc2cccc(OCC)c2OC(F)F)cc1. The van der Waals surface area contributed by atoms with Crippen molar-refractivity contribution in [3.63, 3.8) is 0 Å². The molecule has 0 aliphatic carbocycles. The van der Waals surface area contributed by atoms with Crippen molar-refractivity contribution in [2.45, 2.75) is 40.2 Å². The highest BCUT2D eigenvalue weighted by atomic mass is 19.3. The monoisotopic (exact) mass is 421 g/mol. The molecular weight excluding hydrogens is 392 g/mol. The van der Waals surface area contributed by atoms with Crippen molar-refractivity contribution in [3.05, 3.63) is 59.2 Å². The largest absolute Gasteiger partial charge is 0.490 e. The van der Waals surface area contributed by atoms with Gasteiger partial charge in [0.2, 0.25) is 0 Å². The molecule has 0 saturated heterocycles. The summed E-state index contributed by atoms with van der Waals surface area (Å²) < 4.78 is 41.2. The van der Waals surface area contributed by atoms with Crippen LogP contribution >= 0.6 is 0 Å². The normalized spacial score (nSPS) is 11.5. The molecule has 0 heterocycles. The Morgan fingerprint density at radius 1 is 0.967 bits per heavy atom. The summed E-state index contributed by atoms with van der Waals surface area (Å²) in [6.07, 6.45) is 0. The van der Waals surface area contributed by atoms with E-state index in [4.69, 9.17) is 14.2 Å². The van der Waals surface area contributed by atoms with Crippen LogP contribution in [-0.4, -0.2) is 32.8 Å². The molecule has 2 N–H and O–H groups in total. The van der Waals surface area contributed by atoms with E-state index in [-0.39, 0.29) is 18.0 Å². The number of hydrogen-bond donors (Lipinski definition) is 2. The molecule has 2 aromatic carbocycles. The number of ether oxygens (including phenoxy) is 3. The van der Waals surface area contributed by atoms with Crippen LogP contribution in [-0.2, 0) is 24.4 Å². The molecule has 0 bridgehead atoms. The number of alkyl halides is 2. The predicted molar refractivity (Wildman–Crippen MR) is 113 cm³/mol. The van der Waals surface area contributed by atoms with Gasteiger partial charge in [0.25, 0.3) is 0 Å². The first-order valence-electron chi connectivity index (χ1n) is 9.86. The van der Waals surface area contributed by atoms with Crippen molar-refractivity contribution in [2.75, 3.05) is 20.3 Å². The Balaban J connectivity index is 1.96. The van der Waals surface area contributed by atoms with Crippen molar-refractivity contribution >= 4 is 5.96 Å². The Kier molecular flexibility index (Phi) is 9.86. The Hall–Kier alpha value is -2.87. The third-order valence-corrected chi connectivity index (χ3v) is 4.19. The molecule has 0 atom stereocenters. The highest BCUT2D eigenvalue weighted by Gasteiger charge is 2.16. The number of halogens is 2. The molecule has 0 amide bonds. The van der Waals surface area contributed by atoms with Crippen LogP contribution in [0.5, 0.6) is 11.5 Å². The lowest BCUT2D eigenvalue weighted by atomic mass is 10.1. The summed E-state index contributed by atoms with van der Waals surface area (Å²) in [6.45, 7) is 3.25. The molecule has 6 nitrogen and oxygen atoms in total. The maximum atomic E-state index is 12.8. The van der Waals surface area contributed by atoms with Gasteiger partial charge in [-0.25, -0.2) is 0 Å². The zero-order chi connectivity index (χ0) is 21.8. The third-order valence-electron chi connectivity index (χ3n) is 4.19. The summed E-state index contributed by atoms with van der Waals surface area (Å²) in [5.74, 6) is 0.854. The Bertz CT molecular complexity index is 799. The van der Waals surface area contributed by atoms with Crippen molar-refractivity contribution in [3.8, 4) is 11.5 Å². The summed E-state index contributed by atoms with van der Waals surface area (Å²) in [6, 6.07) is 13.1. The highest BCUT2D eigenvalue weighted by Crippen LogP contribution is 2.32. The van der Waals surface area contributed by atoms with E-state index in [9.17, 15) is 8.78 Å². The van der Waals surface area contributed by atoms with E-state index in [1.165, 1.54) is 0 Å². The molecular formula is C22H29F2N3O3. The first kappa shape index (κ1) is 23.4. The van der Waals surface area contributed by atoms with E-state index in [0.29, 0.717) is 37.9 Å². The molecule has 2 aromatic rings. The minimum atomic E-state index is -2.94. The first-order valence-corrected chi connectivity index (χ1v) is 9.86. The second-order valence-corrected chi connectivity index (χ2v) is 6.29. The fraction of sp³-hybridized carbons (Fsp3) is 0.409. The molecule has 164 valence electrons. The standard InChI is InChI=1S/C22H29F2N3O3/c1-4-28-15-17-11-9-16(10-12-17)13-26-22(25-3)27-14-18-7-6-8-19(29-5-2)20(18)30-21(23)24/h6-12,21H,4-5,13-15H2,1-3H3,(H2,25,26,27). The topological polar surface area (TPSA) is 64.1 Å². The molecule has 0 saturated carbocycles. The molecule has 0 aromatic heterocycles. The van der Waals surface area contributed by atoms with Gasteiger partial charge in [-0.15, -0.1) is 0 Å². The number of hydrogen-bond acceptors (Lipinski definition) is 4. The molecule has 0 spiro atoms. The molecule has 0 aliphatic heterocycles. The number of guanidine groups is 1. The van der Waals surface area contributed by atoms with Crippen LogP contribution in [0, 0.1) is 0 Å². The Morgan fingerprint density at radius 2 is 1.67 bits per heavy atom. The van der Waals surface area contributed by atoms with E-state index >= 15 is 0 Å². The molecule has 0 radical (unpaired) electrons. The Morgan fingerprint density at radius 3 is 2.30 bits per heavy atom. The van der Waals surface area contributed by atoms with Gasteiger partial charge in [-0.2, -0.15) is 8.78 Å². The van der Waals surface area contributed by atoms with E-state index in [2.05, 4.69) is 15.6 Å². The van der Waals surface area contributed by atoms with Crippen LogP contribution < -0.4 is 20.1 Å². The lowest BCUT2D eigenvalue weighted by Crippen LogP contribution is -2.36. The van der Waals surface area contributed by atoms with Crippen LogP contribution in [0.4, 0.5) is 8.78 Å². The lowest BCUT2D eigenvalue weighted by Gasteiger charge is -2.17. The van der Waals surface area contributed by atoms with Gasteiger partial charge in [-0.1, -0.05) is 36.4 Å². The van der Waals surface area contributed by atoms with Crippen LogP contribution in [0.1, 0.15) is 30.5 Å². The van der Waals surface area contributed by atoms with Gasteiger partial charge in [0.1, 0.15) is 0 Å². The van der Waals surface area contributed by atoms with Gasteiger partial charge >= 0.3 is 6.61 Å². The van der Waals surface area contributed by atoms with Crippen LogP contribution in [0.3, 0.4) is 0 Å². The molecule has 0 unspecified atom stereocenters. The molecule has 0 aliphatic rings. The summed E-state index contributed by atoms with van der Waals surface area (Å²) in [5, 5.41) is 6.32. The average Bonchev–Trinajstić information content (AvgIpc) is 2.75. The second-order valence-electron chi connectivity index (χ2n) is 6.29. The smallest absolute Gasteiger partial charge is 0.387 e. The fourth-order valence-electron chi connectivity index (χ4n) is 2.75.